The van der Waals surface area contributed by atoms with Crippen LogP contribution in [0.1, 0.15) is 28.8 Å². The SMILES string of the molecule is COC(=O)CN1Cc2ccc(-c3nc(NC4CCOCC4)ncc3Cl)cc2C1=O. The molecule has 0 bridgehead atoms. The van der Waals surface area contributed by atoms with Gasteiger partial charge in [0.25, 0.3) is 5.91 Å². The average molecular weight is 417 g/mol. The van der Waals surface area contributed by atoms with Crippen LogP contribution < -0.4 is 5.32 Å². The first-order valence-corrected chi connectivity index (χ1v) is 9.79. The van der Waals surface area contributed by atoms with Crippen molar-refractivity contribution in [3.63, 3.8) is 0 Å². The lowest BCUT2D eigenvalue weighted by molar-refractivity contribution is -0.141. The van der Waals surface area contributed by atoms with E-state index < -0.39 is 5.97 Å². The van der Waals surface area contributed by atoms with E-state index in [0.29, 0.717) is 42.0 Å². The maximum absolute atomic E-state index is 12.7. The number of nitrogens with zero attached hydrogens (tertiary/aromatic N) is 3. The zero-order valence-electron chi connectivity index (χ0n) is 16.0. The summed E-state index contributed by atoms with van der Waals surface area (Å²) in [5.74, 6) is -0.164. The van der Waals surface area contributed by atoms with E-state index in [9.17, 15) is 9.59 Å². The second-order valence-corrected chi connectivity index (χ2v) is 7.44. The second-order valence-electron chi connectivity index (χ2n) is 7.03. The van der Waals surface area contributed by atoms with Crippen molar-refractivity contribution in [2.24, 2.45) is 0 Å². The monoisotopic (exact) mass is 416 g/mol. The van der Waals surface area contributed by atoms with Gasteiger partial charge in [0.15, 0.2) is 0 Å². The Morgan fingerprint density at radius 1 is 1.38 bits per heavy atom. The molecule has 152 valence electrons. The fourth-order valence-electron chi connectivity index (χ4n) is 3.52. The van der Waals surface area contributed by atoms with Crippen molar-refractivity contribution in [1.82, 2.24) is 14.9 Å². The van der Waals surface area contributed by atoms with Gasteiger partial charge in [0.05, 0.1) is 24.0 Å². The average Bonchev–Trinajstić information content (AvgIpc) is 3.05. The lowest BCUT2D eigenvalue weighted by Gasteiger charge is -2.23. The summed E-state index contributed by atoms with van der Waals surface area (Å²) in [6.07, 6.45) is 3.35. The summed E-state index contributed by atoms with van der Waals surface area (Å²) in [4.78, 5) is 34.5. The number of rotatable bonds is 5. The lowest BCUT2D eigenvalue weighted by atomic mass is 10.0. The number of carbonyl (C=O) groups is 2. The highest BCUT2D eigenvalue weighted by molar-refractivity contribution is 6.33. The molecule has 4 rings (SSSR count). The van der Waals surface area contributed by atoms with Crippen molar-refractivity contribution < 1.29 is 19.1 Å². The quantitative estimate of drug-likeness (QED) is 0.748. The predicted molar refractivity (Wildman–Crippen MR) is 107 cm³/mol. The number of methoxy groups -OCH3 is 1. The molecule has 0 radical (unpaired) electrons. The van der Waals surface area contributed by atoms with Crippen LogP contribution in [0.3, 0.4) is 0 Å². The minimum absolute atomic E-state index is 0.0766. The first kappa shape index (κ1) is 19.6. The molecule has 1 fully saturated rings. The van der Waals surface area contributed by atoms with Gasteiger partial charge >= 0.3 is 5.97 Å². The molecule has 0 atom stereocenters. The number of anilines is 1. The van der Waals surface area contributed by atoms with E-state index in [1.165, 1.54) is 12.0 Å². The largest absolute Gasteiger partial charge is 0.468 e. The Morgan fingerprint density at radius 2 is 2.17 bits per heavy atom. The number of hydrogen-bond acceptors (Lipinski definition) is 7. The van der Waals surface area contributed by atoms with E-state index in [1.807, 2.05) is 12.1 Å². The topological polar surface area (TPSA) is 93.7 Å². The molecule has 2 aliphatic heterocycles. The number of nitrogens with one attached hydrogen (secondary N) is 1. The molecule has 2 aliphatic rings. The first-order chi connectivity index (χ1) is 14.0. The lowest BCUT2D eigenvalue weighted by Crippen LogP contribution is -2.30. The van der Waals surface area contributed by atoms with Crippen molar-refractivity contribution in [3.8, 4) is 11.3 Å². The van der Waals surface area contributed by atoms with Gasteiger partial charge in [-0.1, -0.05) is 23.7 Å². The Labute approximate surface area is 173 Å². The van der Waals surface area contributed by atoms with Crippen LogP contribution in [0.15, 0.2) is 24.4 Å². The Bertz CT molecular complexity index is 946. The number of ether oxygens (including phenoxy) is 2. The third-order valence-electron chi connectivity index (χ3n) is 5.11. The number of esters is 1. The number of fused-ring (bicyclic) bond motifs is 1. The minimum Gasteiger partial charge on any atom is -0.468 e. The molecule has 1 N–H and O–H groups in total. The molecule has 1 amide bonds. The first-order valence-electron chi connectivity index (χ1n) is 9.41. The van der Waals surface area contributed by atoms with E-state index in [4.69, 9.17) is 16.3 Å². The molecular weight excluding hydrogens is 396 g/mol. The van der Waals surface area contributed by atoms with Crippen molar-refractivity contribution in [2.45, 2.75) is 25.4 Å². The predicted octanol–water partition coefficient (Wildman–Crippen LogP) is 2.52. The van der Waals surface area contributed by atoms with Gasteiger partial charge in [0.2, 0.25) is 5.95 Å². The zero-order valence-corrected chi connectivity index (χ0v) is 16.7. The second kappa shape index (κ2) is 8.34. The van der Waals surface area contributed by atoms with Crippen LogP contribution >= 0.6 is 11.6 Å². The van der Waals surface area contributed by atoms with Gasteiger partial charge in [-0.05, 0) is 24.5 Å². The third kappa shape index (κ3) is 4.18. The standard InChI is InChI=1S/C20H21ClN4O4/c1-28-17(26)11-25-10-13-3-2-12(8-15(13)19(25)27)18-16(21)9-22-20(24-18)23-14-4-6-29-7-5-14/h2-3,8-9,14H,4-7,10-11H2,1H3,(H,22,23,24). The Kier molecular flexibility index (Phi) is 5.64. The Balaban J connectivity index is 1.57. The summed E-state index contributed by atoms with van der Waals surface area (Å²) in [5, 5.41) is 3.73. The van der Waals surface area contributed by atoms with Gasteiger partial charge in [0, 0.05) is 36.9 Å². The van der Waals surface area contributed by atoms with Gasteiger partial charge in [-0.2, -0.15) is 0 Å². The molecule has 1 aromatic carbocycles. The molecular formula is C20H21ClN4O4. The molecule has 8 nitrogen and oxygen atoms in total. The summed E-state index contributed by atoms with van der Waals surface area (Å²) < 4.78 is 10.0. The van der Waals surface area contributed by atoms with Crippen LogP contribution in [0.5, 0.6) is 0 Å². The Hall–Kier alpha value is -2.71. The highest BCUT2D eigenvalue weighted by atomic mass is 35.5. The van der Waals surface area contributed by atoms with Crippen molar-refractivity contribution in [1.29, 1.82) is 0 Å². The van der Waals surface area contributed by atoms with E-state index >= 15 is 0 Å². The number of aromatic nitrogens is 2. The van der Waals surface area contributed by atoms with Crippen molar-refractivity contribution in [2.75, 3.05) is 32.2 Å². The zero-order chi connectivity index (χ0) is 20.4. The van der Waals surface area contributed by atoms with E-state index in [0.717, 1.165) is 24.0 Å². The molecule has 0 unspecified atom stereocenters. The van der Waals surface area contributed by atoms with Crippen LogP contribution in [0.25, 0.3) is 11.3 Å². The van der Waals surface area contributed by atoms with E-state index in [2.05, 4.69) is 20.0 Å². The molecule has 0 saturated carbocycles. The van der Waals surface area contributed by atoms with E-state index in [-0.39, 0.29) is 18.5 Å². The molecule has 29 heavy (non-hydrogen) atoms. The fraction of sp³-hybridized carbons (Fsp3) is 0.400. The fourth-order valence-corrected chi connectivity index (χ4v) is 3.72. The molecule has 1 aromatic heterocycles. The van der Waals surface area contributed by atoms with Gasteiger partial charge in [-0.15, -0.1) is 0 Å². The van der Waals surface area contributed by atoms with Crippen LogP contribution in [-0.4, -0.2) is 59.7 Å². The molecule has 3 heterocycles. The molecule has 9 heteroatoms. The van der Waals surface area contributed by atoms with Crippen LogP contribution in [0.4, 0.5) is 5.95 Å². The van der Waals surface area contributed by atoms with Crippen LogP contribution in [-0.2, 0) is 20.8 Å². The highest BCUT2D eigenvalue weighted by Crippen LogP contribution is 2.31. The molecule has 1 saturated heterocycles. The molecule has 2 aromatic rings. The maximum Gasteiger partial charge on any atom is 0.325 e. The summed E-state index contributed by atoms with van der Waals surface area (Å²) in [6.45, 7) is 1.73. The van der Waals surface area contributed by atoms with Gasteiger partial charge in [-0.25, -0.2) is 9.97 Å². The van der Waals surface area contributed by atoms with Gasteiger partial charge < -0.3 is 19.7 Å². The smallest absolute Gasteiger partial charge is 0.325 e. The highest BCUT2D eigenvalue weighted by Gasteiger charge is 2.29. The summed E-state index contributed by atoms with van der Waals surface area (Å²) in [7, 11) is 1.30. The Morgan fingerprint density at radius 3 is 2.93 bits per heavy atom. The number of halogens is 1. The molecule has 0 aliphatic carbocycles. The minimum atomic E-state index is -0.450. The summed E-state index contributed by atoms with van der Waals surface area (Å²) >= 11 is 6.35. The number of carbonyl (C=O) groups excluding carboxylic acids is 2. The van der Waals surface area contributed by atoms with E-state index in [1.54, 1.807) is 12.3 Å². The summed E-state index contributed by atoms with van der Waals surface area (Å²) in [6, 6.07) is 5.76. The van der Waals surface area contributed by atoms with Gasteiger partial charge in [0.1, 0.15) is 6.54 Å². The number of benzene rings is 1. The van der Waals surface area contributed by atoms with Crippen LogP contribution in [0.2, 0.25) is 5.02 Å². The number of amides is 1. The maximum atomic E-state index is 12.7. The summed E-state index contributed by atoms with van der Waals surface area (Å²) in [5.41, 5.74) is 2.67. The van der Waals surface area contributed by atoms with Crippen molar-refractivity contribution in [3.05, 3.63) is 40.5 Å². The third-order valence-corrected chi connectivity index (χ3v) is 5.38. The van der Waals surface area contributed by atoms with Crippen LogP contribution in [0, 0.1) is 0 Å². The number of hydrogen-bond donors (Lipinski definition) is 1. The van der Waals surface area contributed by atoms with Crippen molar-refractivity contribution >= 4 is 29.4 Å². The van der Waals surface area contributed by atoms with Gasteiger partial charge in [-0.3, -0.25) is 9.59 Å². The normalized spacial score (nSPS) is 16.6. The molecule has 0 spiro atoms.